The molecule has 0 spiro atoms. The molecule has 0 aromatic heterocycles. The number of benzene rings is 3. The number of aliphatic hydroxyl groups is 1. The van der Waals surface area contributed by atoms with Gasteiger partial charge in [-0.15, -0.1) is 11.6 Å². The Labute approximate surface area is 287 Å². The van der Waals surface area contributed by atoms with Gasteiger partial charge < -0.3 is 19.3 Å². The van der Waals surface area contributed by atoms with E-state index < -0.39 is 60.5 Å². The van der Waals surface area contributed by atoms with E-state index in [0.29, 0.717) is 10.5 Å². The van der Waals surface area contributed by atoms with Crippen molar-refractivity contribution >= 4 is 81.6 Å². The maximum Gasteiger partial charge on any atom is 0.263 e. The van der Waals surface area contributed by atoms with E-state index in [9.17, 15) is 24.3 Å². The van der Waals surface area contributed by atoms with Crippen molar-refractivity contribution < 1.29 is 38.5 Å². The van der Waals surface area contributed by atoms with Crippen molar-refractivity contribution in [2.24, 2.45) is 0 Å². The molecule has 2 saturated heterocycles. The molecule has 0 radical (unpaired) electrons. The Bertz CT molecular complexity index is 1690. The van der Waals surface area contributed by atoms with Crippen LogP contribution in [0.15, 0.2) is 54.6 Å². The van der Waals surface area contributed by atoms with Crippen LogP contribution in [0.3, 0.4) is 0 Å². The van der Waals surface area contributed by atoms with Crippen molar-refractivity contribution in [3.63, 3.8) is 0 Å². The molecule has 46 heavy (non-hydrogen) atoms. The van der Waals surface area contributed by atoms with E-state index in [0.717, 1.165) is 17.4 Å². The zero-order chi connectivity index (χ0) is 33.0. The molecular formula is C31H23Cl5N2O8. The van der Waals surface area contributed by atoms with Crippen molar-refractivity contribution in [1.82, 2.24) is 9.80 Å². The van der Waals surface area contributed by atoms with Gasteiger partial charge >= 0.3 is 0 Å². The topological polar surface area (TPSA) is 123 Å². The summed E-state index contributed by atoms with van der Waals surface area (Å²) < 4.78 is 18.3. The molecule has 10 nitrogen and oxygen atoms in total. The maximum atomic E-state index is 14.0. The van der Waals surface area contributed by atoms with Gasteiger partial charge in [0.15, 0.2) is 12.5 Å². The highest BCUT2D eigenvalue weighted by Crippen LogP contribution is 2.47. The Hall–Kier alpha value is -2.77. The zero-order valence-corrected chi connectivity index (χ0v) is 27.4. The van der Waals surface area contributed by atoms with Crippen molar-refractivity contribution in [2.45, 2.75) is 49.7 Å². The first-order valence-electron chi connectivity index (χ1n) is 13.8. The Morgan fingerprint density at radius 3 is 2.02 bits per heavy atom. The molecular weight excluding hydrogens is 706 g/mol. The number of alkyl halides is 1. The van der Waals surface area contributed by atoms with Crippen molar-refractivity contribution in [3.05, 3.63) is 103 Å². The molecule has 3 aliphatic heterocycles. The third-order valence-electron chi connectivity index (χ3n) is 8.02. The number of amides is 4. The number of ether oxygens (including phenoxy) is 3. The minimum absolute atomic E-state index is 0.0790. The summed E-state index contributed by atoms with van der Waals surface area (Å²) in [6, 6.07) is 13.3. The number of halogens is 5. The molecule has 0 aliphatic carbocycles. The molecule has 4 amide bonds. The minimum atomic E-state index is -1.71. The predicted octanol–water partition coefficient (Wildman–Crippen LogP) is 5.89. The standard InChI is InChI=1S/C31H23Cl5N2O8/c1-13(39)37(27(41)15-9-7-14(11-32)8-10-15)30-24(38-28(42)18-19(29(38)43)21(34)23(36)22(35)20(18)33)25(40)26-17(45-30)12-44-31(46-26)16-5-3-2-4-6-16/h2-10,17,24-26,30-31,40H,11-12H2,1H3/t17-,24-,25-,26-,30-,31-/m1/s1. The molecule has 3 aromatic rings. The van der Waals surface area contributed by atoms with Crippen LogP contribution in [0.5, 0.6) is 0 Å². The second-order valence-corrected chi connectivity index (χ2v) is 12.5. The van der Waals surface area contributed by atoms with E-state index in [1.165, 1.54) is 12.1 Å². The van der Waals surface area contributed by atoms with E-state index >= 15 is 0 Å². The number of aliphatic hydroxyl groups excluding tert-OH is 1. The molecule has 0 bridgehead atoms. The van der Waals surface area contributed by atoms with Gasteiger partial charge in [-0.25, -0.2) is 4.90 Å². The monoisotopic (exact) mass is 726 g/mol. The second-order valence-electron chi connectivity index (χ2n) is 10.7. The summed E-state index contributed by atoms with van der Waals surface area (Å²) in [4.78, 5) is 56.5. The van der Waals surface area contributed by atoms with Gasteiger partial charge in [0.1, 0.15) is 24.4 Å². The molecule has 15 heteroatoms. The smallest absolute Gasteiger partial charge is 0.263 e. The Morgan fingerprint density at radius 1 is 0.891 bits per heavy atom. The number of nitrogens with zero attached hydrogens (tertiary/aromatic N) is 2. The lowest BCUT2D eigenvalue weighted by Crippen LogP contribution is -2.71. The van der Waals surface area contributed by atoms with Crippen LogP contribution in [0.25, 0.3) is 0 Å². The summed E-state index contributed by atoms with van der Waals surface area (Å²) in [7, 11) is 0. The van der Waals surface area contributed by atoms with E-state index in [4.69, 9.17) is 72.2 Å². The fourth-order valence-electron chi connectivity index (χ4n) is 5.82. The molecule has 0 unspecified atom stereocenters. The van der Waals surface area contributed by atoms with Crippen LogP contribution in [0.2, 0.25) is 20.1 Å². The molecule has 6 rings (SSSR count). The molecule has 6 atom stereocenters. The highest BCUT2D eigenvalue weighted by atomic mass is 35.5. The Balaban J connectivity index is 1.45. The van der Waals surface area contributed by atoms with E-state index in [1.54, 1.807) is 36.4 Å². The summed E-state index contributed by atoms with van der Waals surface area (Å²) >= 11 is 31.1. The number of carbonyl (C=O) groups is 4. The van der Waals surface area contributed by atoms with Gasteiger partial charge in [-0.3, -0.25) is 24.1 Å². The summed E-state index contributed by atoms with van der Waals surface area (Å²) in [5, 5.41) is 10.8. The highest BCUT2D eigenvalue weighted by molar-refractivity contribution is 6.55. The zero-order valence-electron chi connectivity index (χ0n) is 23.7. The molecule has 1 N–H and O–H groups in total. The summed E-state index contributed by atoms with van der Waals surface area (Å²) in [6.45, 7) is 0.985. The Kier molecular flexibility index (Phi) is 9.39. The molecule has 3 aromatic carbocycles. The first kappa shape index (κ1) is 33.1. The van der Waals surface area contributed by atoms with Crippen LogP contribution in [0.4, 0.5) is 0 Å². The van der Waals surface area contributed by atoms with Gasteiger partial charge in [-0.1, -0.05) is 88.9 Å². The first-order valence-corrected chi connectivity index (χ1v) is 15.9. The maximum absolute atomic E-state index is 14.0. The quantitative estimate of drug-likeness (QED) is 0.149. The van der Waals surface area contributed by atoms with Crippen molar-refractivity contribution in [3.8, 4) is 0 Å². The number of hydrogen-bond donors (Lipinski definition) is 1. The molecule has 240 valence electrons. The van der Waals surface area contributed by atoms with Gasteiger partial charge in [0, 0.05) is 23.9 Å². The summed E-state index contributed by atoms with van der Waals surface area (Å²) in [5.41, 5.74) is 0.726. The fourth-order valence-corrected chi connectivity index (χ4v) is 7.01. The van der Waals surface area contributed by atoms with Crippen LogP contribution in [-0.4, -0.2) is 75.7 Å². The average Bonchev–Trinajstić information content (AvgIpc) is 3.32. The van der Waals surface area contributed by atoms with Gasteiger partial charge in [0.2, 0.25) is 5.91 Å². The van der Waals surface area contributed by atoms with Gasteiger partial charge in [-0.05, 0) is 17.7 Å². The van der Waals surface area contributed by atoms with Gasteiger partial charge in [0.05, 0.1) is 37.8 Å². The lowest BCUT2D eigenvalue weighted by atomic mass is 9.92. The molecule has 3 heterocycles. The van der Waals surface area contributed by atoms with Crippen molar-refractivity contribution in [1.29, 1.82) is 0 Å². The van der Waals surface area contributed by atoms with Crippen molar-refractivity contribution in [2.75, 3.05) is 6.61 Å². The van der Waals surface area contributed by atoms with Crippen LogP contribution in [0.1, 0.15) is 55.4 Å². The fraction of sp³-hybridized carbons (Fsp3) is 0.290. The number of hydrogen-bond acceptors (Lipinski definition) is 8. The van der Waals surface area contributed by atoms with Gasteiger partial charge in [-0.2, -0.15) is 0 Å². The summed E-state index contributed by atoms with van der Waals surface area (Å²) in [6.07, 6.45) is -6.57. The van der Waals surface area contributed by atoms with E-state index in [2.05, 4.69) is 0 Å². The Morgan fingerprint density at radius 2 is 1.48 bits per heavy atom. The summed E-state index contributed by atoms with van der Waals surface area (Å²) in [5.74, 6) is -3.44. The third-order valence-corrected chi connectivity index (χ3v) is 10.1. The average molecular weight is 729 g/mol. The predicted molar refractivity (Wildman–Crippen MR) is 168 cm³/mol. The minimum Gasteiger partial charge on any atom is -0.388 e. The lowest BCUT2D eigenvalue weighted by molar-refractivity contribution is -0.327. The van der Waals surface area contributed by atoms with E-state index in [1.807, 2.05) is 6.07 Å². The number of rotatable bonds is 5. The molecule has 3 aliphatic rings. The second kappa shape index (κ2) is 13.0. The van der Waals surface area contributed by atoms with Crippen LogP contribution < -0.4 is 0 Å². The SMILES string of the molecule is CC(=O)N(C(=O)c1ccc(CCl)cc1)[C@@H]1O[C@@H]2CO[C@@H](c3ccccc3)O[C@H]2[C@H](O)[C@H]1N1C(=O)c2c(Cl)c(Cl)c(Cl)c(Cl)c2C1=O. The number of imide groups is 2. The van der Waals surface area contributed by atoms with E-state index in [-0.39, 0.29) is 49.3 Å². The molecule has 2 fully saturated rings. The molecule has 0 saturated carbocycles. The van der Waals surface area contributed by atoms with Gasteiger partial charge in [0.25, 0.3) is 17.7 Å². The van der Waals surface area contributed by atoms with Crippen LogP contribution in [0, 0.1) is 0 Å². The number of carbonyl (C=O) groups excluding carboxylic acids is 4. The number of fused-ring (bicyclic) bond motifs is 2. The van der Waals surface area contributed by atoms with Crippen LogP contribution in [-0.2, 0) is 24.9 Å². The van der Waals surface area contributed by atoms with Crippen LogP contribution >= 0.6 is 58.0 Å². The highest BCUT2D eigenvalue weighted by Gasteiger charge is 2.59. The normalized spacial score (nSPS) is 25.7. The largest absolute Gasteiger partial charge is 0.388 e. The lowest BCUT2D eigenvalue weighted by Gasteiger charge is -2.51. The first-order chi connectivity index (χ1) is 22.0. The third kappa shape index (κ3) is 5.49.